The minimum absolute atomic E-state index is 1.23. The van der Waals surface area contributed by atoms with Gasteiger partial charge in [-0.1, -0.05) is 82.1 Å². The molecule has 0 nitrogen and oxygen atoms in total. The first-order chi connectivity index (χ1) is 8.36. The van der Waals surface area contributed by atoms with Crippen LogP contribution in [0.5, 0.6) is 0 Å². The summed E-state index contributed by atoms with van der Waals surface area (Å²) in [6.45, 7) is 4.55. The topological polar surface area (TPSA) is 0 Å². The van der Waals surface area contributed by atoms with Crippen LogP contribution in [0.25, 0.3) is 0 Å². The van der Waals surface area contributed by atoms with Crippen molar-refractivity contribution >= 4 is 0 Å². The zero-order valence-electron chi connectivity index (χ0n) is 11.9. The molecule has 0 aromatic rings. The van der Waals surface area contributed by atoms with Crippen LogP contribution in [0.1, 0.15) is 84.5 Å². The highest BCUT2D eigenvalue weighted by Crippen LogP contribution is 2.24. The molecule has 0 aromatic heterocycles. The Balaban J connectivity index is 1.90. The fraction of sp³-hybridized carbons (Fsp3) is 0.765. The quantitative estimate of drug-likeness (QED) is 0.396. The lowest BCUT2D eigenvalue weighted by Crippen LogP contribution is -1.82. The van der Waals surface area contributed by atoms with Crippen molar-refractivity contribution in [3.8, 4) is 0 Å². The van der Waals surface area contributed by atoms with Crippen LogP contribution in [-0.4, -0.2) is 0 Å². The molecule has 1 aliphatic rings. The fourth-order valence-corrected chi connectivity index (χ4v) is 2.53. The molecule has 1 rings (SSSR count). The summed E-state index contributed by atoms with van der Waals surface area (Å²) in [7, 11) is 0. The molecule has 0 saturated heterocycles. The average Bonchev–Trinajstić information content (AvgIpc) is 2.80. The molecule has 1 aliphatic carbocycles. The van der Waals surface area contributed by atoms with Crippen LogP contribution >= 0.6 is 0 Å². The highest BCUT2D eigenvalue weighted by Gasteiger charge is 2.04. The van der Waals surface area contributed by atoms with Gasteiger partial charge >= 0.3 is 0 Å². The molecule has 17 heavy (non-hydrogen) atoms. The largest absolute Gasteiger partial charge is 0.0772 e. The van der Waals surface area contributed by atoms with E-state index >= 15 is 0 Å². The molecule has 0 heteroatoms. The Morgan fingerprint density at radius 1 is 0.882 bits per heavy atom. The van der Waals surface area contributed by atoms with Crippen molar-refractivity contribution in [2.45, 2.75) is 84.5 Å². The first kappa shape index (κ1) is 14.5. The lowest BCUT2D eigenvalue weighted by atomic mass is 10.0. The third-order valence-electron chi connectivity index (χ3n) is 3.79. The maximum atomic E-state index is 2.43. The summed E-state index contributed by atoms with van der Waals surface area (Å²) < 4.78 is 0. The van der Waals surface area contributed by atoms with Crippen LogP contribution in [0, 0.1) is 0 Å². The molecule has 0 saturated carbocycles. The van der Waals surface area contributed by atoms with Gasteiger partial charge in [0.2, 0.25) is 0 Å². The molecule has 0 atom stereocenters. The third-order valence-corrected chi connectivity index (χ3v) is 3.79. The molecule has 0 radical (unpaired) electrons. The number of hydrogen-bond donors (Lipinski definition) is 0. The van der Waals surface area contributed by atoms with Crippen molar-refractivity contribution in [3.63, 3.8) is 0 Å². The molecular weight excluding hydrogens is 204 g/mol. The minimum atomic E-state index is 1.23. The van der Waals surface area contributed by atoms with Crippen LogP contribution in [-0.2, 0) is 0 Å². The Hall–Kier alpha value is -0.520. The number of rotatable bonds is 10. The highest BCUT2D eigenvalue weighted by molar-refractivity contribution is 5.32. The summed E-state index contributed by atoms with van der Waals surface area (Å²) in [4.78, 5) is 0. The van der Waals surface area contributed by atoms with Crippen molar-refractivity contribution < 1.29 is 0 Å². The van der Waals surface area contributed by atoms with Crippen molar-refractivity contribution in [2.75, 3.05) is 0 Å². The Labute approximate surface area is 108 Å². The van der Waals surface area contributed by atoms with E-state index in [0.29, 0.717) is 0 Å². The summed E-state index contributed by atoms with van der Waals surface area (Å²) >= 11 is 0. The first-order valence-electron chi connectivity index (χ1n) is 7.75. The van der Waals surface area contributed by atoms with Crippen LogP contribution in [0.3, 0.4) is 0 Å². The molecule has 0 aliphatic heterocycles. The van der Waals surface area contributed by atoms with Gasteiger partial charge in [0.1, 0.15) is 0 Å². The molecule has 0 N–H and O–H groups in total. The molecule has 0 amide bonds. The van der Waals surface area contributed by atoms with Gasteiger partial charge in [-0.3, -0.25) is 0 Å². The maximum Gasteiger partial charge on any atom is -0.0130 e. The summed E-state index contributed by atoms with van der Waals surface area (Å²) in [5, 5.41) is 0. The average molecular weight is 234 g/mol. The molecule has 0 aromatic carbocycles. The molecule has 0 spiro atoms. The van der Waals surface area contributed by atoms with Gasteiger partial charge in [0.25, 0.3) is 0 Å². The van der Waals surface area contributed by atoms with E-state index in [4.69, 9.17) is 0 Å². The predicted octanol–water partition coefficient (Wildman–Crippen LogP) is 6.18. The number of allylic oxidation sites excluding steroid dienone is 4. The zero-order chi connectivity index (χ0) is 12.3. The third kappa shape index (κ3) is 6.71. The van der Waals surface area contributed by atoms with Gasteiger partial charge in [-0.25, -0.2) is 0 Å². The predicted molar refractivity (Wildman–Crippen MR) is 78.3 cm³/mol. The van der Waals surface area contributed by atoms with E-state index in [1.807, 2.05) is 0 Å². The maximum absolute atomic E-state index is 2.43. The summed E-state index contributed by atoms with van der Waals surface area (Å²) in [6, 6.07) is 0. The Morgan fingerprint density at radius 3 is 2.12 bits per heavy atom. The van der Waals surface area contributed by atoms with Gasteiger partial charge in [-0.2, -0.15) is 0 Å². The highest BCUT2D eigenvalue weighted by atomic mass is 14.1. The minimum Gasteiger partial charge on any atom is -0.0772 e. The van der Waals surface area contributed by atoms with Crippen molar-refractivity contribution in [3.05, 3.63) is 23.3 Å². The summed E-state index contributed by atoms with van der Waals surface area (Å²) in [5.74, 6) is 0. The second-order valence-electron chi connectivity index (χ2n) is 5.36. The second kappa shape index (κ2) is 9.50. The Kier molecular flexibility index (Phi) is 8.13. The normalized spacial score (nSPS) is 14.9. The molecule has 98 valence electrons. The van der Waals surface area contributed by atoms with Crippen LogP contribution in [0.4, 0.5) is 0 Å². The van der Waals surface area contributed by atoms with E-state index in [1.165, 1.54) is 70.6 Å². The SMILES string of the molecule is CCCCCCCCCCC1=CCC(CC)=C1. The summed E-state index contributed by atoms with van der Waals surface area (Å²) in [5.41, 5.74) is 3.23. The van der Waals surface area contributed by atoms with E-state index < -0.39 is 0 Å². The molecule has 0 fully saturated rings. The Bertz CT molecular complexity index is 245. The van der Waals surface area contributed by atoms with Gasteiger partial charge in [0, 0.05) is 0 Å². The van der Waals surface area contributed by atoms with E-state index in [9.17, 15) is 0 Å². The van der Waals surface area contributed by atoms with E-state index in [-0.39, 0.29) is 0 Å². The van der Waals surface area contributed by atoms with Crippen LogP contribution in [0.2, 0.25) is 0 Å². The number of hydrogen-bond acceptors (Lipinski definition) is 0. The fourth-order valence-electron chi connectivity index (χ4n) is 2.53. The van der Waals surface area contributed by atoms with Gasteiger partial charge in [-0.05, 0) is 25.7 Å². The molecule has 0 bridgehead atoms. The van der Waals surface area contributed by atoms with Gasteiger partial charge in [-0.15, -0.1) is 0 Å². The second-order valence-corrected chi connectivity index (χ2v) is 5.36. The van der Waals surface area contributed by atoms with Crippen LogP contribution < -0.4 is 0 Å². The van der Waals surface area contributed by atoms with Gasteiger partial charge in [0.15, 0.2) is 0 Å². The first-order valence-corrected chi connectivity index (χ1v) is 7.75. The Morgan fingerprint density at radius 2 is 1.53 bits per heavy atom. The standard InChI is InChI=1S/C17H30/c1-3-5-6-7-8-9-10-11-12-17-14-13-16(4-2)15-17/h14-15H,3-13H2,1-2H3. The summed E-state index contributed by atoms with van der Waals surface area (Å²) in [6.07, 6.45) is 20.1. The lowest BCUT2D eigenvalue weighted by Gasteiger charge is -2.02. The van der Waals surface area contributed by atoms with Gasteiger partial charge in [0.05, 0.1) is 0 Å². The molecule has 0 heterocycles. The van der Waals surface area contributed by atoms with E-state index in [1.54, 1.807) is 11.1 Å². The van der Waals surface area contributed by atoms with E-state index in [2.05, 4.69) is 26.0 Å². The van der Waals surface area contributed by atoms with Crippen LogP contribution in [0.15, 0.2) is 23.3 Å². The number of unbranched alkanes of at least 4 members (excludes halogenated alkanes) is 7. The van der Waals surface area contributed by atoms with E-state index in [0.717, 1.165) is 0 Å². The lowest BCUT2D eigenvalue weighted by molar-refractivity contribution is 0.576. The molecular formula is C17H30. The monoisotopic (exact) mass is 234 g/mol. The van der Waals surface area contributed by atoms with Crippen molar-refractivity contribution in [1.29, 1.82) is 0 Å². The van der Waals surface area contributed by atoms with Crippen molar-refractivity contribution in [2.24, 2.45) is 0 Å². The molecule has 0 unspecified atom stereocenters. The van der Waals surface area contributed by atoms with Crippen molar-refractivity contribution in [1.82, 2.24) is 0 Å². The zero-order valence-corrected chi connectivity index (χ0v) is 11.9. The van der Waals surface area contributed by atoms with Gasteiger partial charge < -0.3 is 0 Å². The smallest absolute Gasteiger partial charge is 0.0130 e.